The summed E-state index contributed by atoms with van der Waals surface area (Å²) in [5.74, 6) is -0.414. The second-order valence-electron chi connectivity index (χ2n) is 4.99. The first-order valence-corrected chi connectivity index (χ1v) is 5.52. The van der Waals surface area contributed by atoms with Crippen molar-refractivity contribution in [2.45, 2.75) is 40.2 Å². The number of phenols is 1. The van der Waals surface area contributed by atoms with Gasteiger partial charge in [0.25, 0.3) is 0 Å². The Labute approximate surface area is 104 Å². The summed E-state index contributed by atoms with van der Waals surface area (Å²) in [4.78, 5) is 0. The van der Waals surface area contributed by atoms with Crippen molar-refractivity contribution in [2.75, 3.05) is 0 Å². The fourth-order valence-electron chi connectivity index (χ4n) is 0.735. The second kappa shape index (κ2) is 6.06. The van der Waals surface area contributed by atoms with E-state index in [-0.39, 0.29) is 11.2 Å². The maximum atomic E-state index is 12.6. The first-order chi connectivity index (χ1) is 7.55. The third kappa shape index (κ3) is 5.73. The Balaban J connectivity index is 0.000000325. The average molecular weight is 238 g/mol. The summed E-state index contributed by atoms with van der Waals surface area (Å²) in [7, 11) is 5.13. The molecule has 17 heavy (non-hydrogen) atoms. The van der Waals surface area contributed by atoms with Gasteiger partial charge in [-0.15, -0.1) is 0 Å². The third-order valence-electron chi connectivity index (χ3n) is 2.66. The summed E-state index contributed by atoms with van der Waals surface area (Å²) in [5.41, 5.74) is -0.0326. The van der Waals surface area contributed by atoms with Crippen LogP contribution >= 0.6 is 0 Å². The molecule has 0 aliphatic carbocycles. The average Bonchev–Trinajstić information content (AvgIpc) is 2.13. The lowest BCUT2D eigenvalue weighted by atomic mass is 9.93. The third-order valence-corrected chi connectivity index (χ3v) is 2.66. The lowest BCUT2D eigenvalue weighted by molar-refractivity contribution is 0.0327. The Hall–Kier alpha value is -1.03. The number of rotatable bonds is 1. The van der Waals surface area contributed by atoms with Gasteiger partial charge < -0.3 is 10.2 Å². The maximum Gasteiger partial charge on any atom is 0.123 e. The van der Waals surface area contributed by atoms with Crippen LogP contribution in [0.1, 0.15) is 33.3 Å². The highest BCUT2D eigenvalue weighted by atomic mass is 19.1. The predicted molar refractivity (Wildman–Crippen MR) is 69.3 cm³/mol. The van der Waals surface area contributed by atoms with E-state index >= 15 is 0 Å². The number of benzene rings is 1. The van der Waals surface area contributed by atoms with E-state index in [0.717, 1.165) is 0 Å². The zero-order valence-corrected chi connectivity index (χ0v) is 11.1. The van der Waals surface area contributed by atoms with Gasteiger partial charge in [-0.3, -0.25) is 0 Å². The van der Waals surface area contributed by atoms with E-state index in [1.54, 1.807) is 6.92 Å². The molecule has 0 saturated carbocycles. The normalized spacial score (nSPS) is 11.1. The minimum Gasteiger partial charge on any atom is -0.508 e. The molecular formula is C13H20BFO2. The Morgan fingerprint density at radius 3 is 2.00 bits per heavy atom. The largest absolute Gasteiger partial charge is 0.508 e. The van der Waals surface area contributed by atoms with Crippen molar-refractivity contribution >= 4 is 13.3 Å². The molecule has 0 amide bonds. The first kappa shape index (κ1) is 16.0. The number of aryl methyl sites for hydroxylation is 1. The van der Waals surface area contributed by atoms with Crippen LogP contribution in [-0.2, 0) is 0 Å². The topological polar surface area (TPSA) is 40.5 Å². The molecule has 2 N–H and O–H groups in total. The second-order valence-corrected chi connectivity index (χ2v) is 4.99. The van der Waals surface area contributed by atoms with Crippen LogP contribution in [0.5, 0.6) is 5.75 Å². The summed E-state index contributed by atoms with van der Waals surface area (Å²) < 4.78 is 12.6. The van der Waals surface area contributed by atoms with Crippen LogP contribution in [0.3, 0.4) is 0 Å². The summed E-state index contributed by atoms with van der Waals surface area (Å²) >= 11 is 0. The van der Waals surface area contributed by atoms with Gasteiger partial charge in [0.1, 0.15) is 19.4 Å². The van der Waals surface area contributed by atoms with Gasteiger partial charge in [-0.1, -0.05) is 13.8 Å². The van der Waals surface area contributed by atoms with Crippen molar-refractivity contribution in [3.05, 3.63) is 23.5 Å². The minimum atomic E-state index is -0.572. The van der Waals surface area contributed by atoms with E-state index in [2.05, 4.69) is 0 Å². The summed E-state index contributed by atoms with van der Waals surface area (Å²) in [6.07, 6.45) is 0. The van der Waals surface area contributed by atoms with Gasteiger partial charge in [0, 0.05) is 0 Å². The van der Waals surface area contributed by atoms with Crippen LogP contribution in [0.4, 0.5) is 4.39 Å². The molecule has 0 fully saturated rings. The predicted octanol–water partition coefficient (Wildman–Crippen LogP) is 2.05. The van der Waals surface area contributed by atoms with Gasteiger partial charge in [0.2, 0.25) is 0 Å². The van der Waals surface area contributed by atoms with Crippen LogP contribution in [0.2, 0.25) is 0 Å². The number of phenolic OH excluding ortho intramolecular Hbond substituents is 1. The monoisotopic (exact) mass is 238 g/mol. The van der Waals surface area contributed by atoms with E-state index in [9.17, 15) is 4.39 Å². The molecule has 0 saturated heterocycles. The van der Waals surface area contributed by atoms with Crippen LogP contribution < -0.4 is 5.46 Å². The Kier molecular flexibility index (Phi) is 5.69. The fourth-order valence-corrected chi connectivity index (χ4v) is 0.735. The molecule has 1 aromatic rings. The zero-order valence-electron chi connectivity index (χ0n) is 11.1. The molecular weight excluding hydrogens is 218 g/mol. The standard InChI is InChI=1S/C7H6BFO.C6H14O/c1-4-2-5(9)7(8)6(10)3-4;1-5(2)6(3,4)7/h2-3,10H,1H3;5,7H,1-4H3. The van der Waals surface area contributed by atoms with Gasteiger partial charge in [-0.25, -0.2) is 4.39 Å². The Morgan fingerprint density at radius 2 is 1.71 bits per heavy atom. The van der Waals surface area contributed by atoms with E-state index < -0.39 is 11.4 Å². The molecule has 0 aliphatic heterocycles. The molecule has 0 atom stereocenters. The molecule has 0 aromatic heterocycles. The highest BCUT2D eigenvalue weighted by Gasteiger charge is 2.16. The van der Waals surface area contributed by atoms with E-state index in [1.807, 2.05) is 27.7 Å². The fraction of sp³-hybridized carbons (Fsp3) is 0.538. The maximum absolute atomic E-state index is 12.6. The van der Waals surface area contributed by atoms with Gasteiger partial charge in [-0.05, 0) is 49.8 Å². The lowest BCUT2D eigenvalue weighted by Gasteiger charge is -2.21. The number of aromatic hydroxyl groups is 1. The summed E-state index contributed by atoms with van der Waals surface area (Å²) in [5, 5.41) is 18.0. The molecule has 1 rings (SSSR count). The highest BCUT2D eigenvalue weighted by Crippen LogP contribution is 2.13. The van der Waals surface area contributed by atoms with Crippen molar-refractivity contribution in [1.82, 2.24) is 0 Å². The van der Waals surface area contributed by atoms with Crippen LogP contribution in [-0.4, -0.2) is 23.7 Å². The molecule has 0 bridgehead atoms. The molecule has 2 nitrogen and oxygen atoms in total. The molecule has 4 heteroatoms. The van der Waals surface area contributed by atoms with Gasteiger partial charge in [0.15, 0.2) is 0 Å². The molecule has 0 aliphatic rings. The van der Waals surface area contributed by atoms with Crippen molar-refractivity contribution < 1.29 is 14.6 Å². The SMILES string of the molecule is CC(C)C(C)(C)O.[B]c1c(O)cc(C)cc1F. The van der Waals surface area contributed by atoms with Crippen molar-refractivity contribution in [3.8, 4) is 5.75 Å². The minimum absolute atomic E-state index is 0.189. The van der Waals surface area contributed by atoms with E-state index in [4.69, 9.17) is 18.1 Å². The molecule has 0 unspecified atom stereocenters. The van der Waals surface area contributed by atoms with Gasteiger partial charge in [0.05, 0.1) is 5.60 Å². The van der Waals surface area contributed by atoms with E-state index in [1.165, 1.54) is 12.1 Å². The lowest BCUT2D eigenvalue weighted by Crippen LogP contribution is -2.25. The molecule has 0 heterocycles. The Morgan fingerprint density at radius 1 is 1.29 bits per heavy atom. The van der Waals surface area contributed by atoms with Crippen LogP contribution in [0.25, 0.3) is 0 Å². The molecule has 2 radical (unpaired) electrons. The summed E-state index contributed by atoms with van der Waals surface area (Å²) in [6.45, 7) is 9.32. The van der Waals surface area contributed by atoms with Crippen molar-refractivity contribution in [3.63, 3.8) is 0 Å². The molecule has 0 spiro atoms. The number of hydrogen-bond acceptors (Lipinski definition) is 2. The molecule has 94 valence electrons. The Bertz CT molecular complexity index is 347. The van der Waals surface area contributed by atoms with Gasteiger partial charge in [-0.2, -0.15) is 0 Å². The van der Waals surface area contributed by atoms with E-state index in [0.29, 0.717) is 11.5 Å². The molecule has 1 aromatic carbocycles. The number of aliphatic hydroxyl groups is 1. The number of halogens is 1. The van der Waals surface area contributed by atoms with Gasteiger partial charge >= 0.3 is 0 Å². The van der Waals surface area contributed by atoms with Crippen LogP contribution in [0, 0.1) is 18.7 Å². The van der Waals surface area contributed by atoms with Crippen LogP contribution in [0.15, 0.2) is 12.1 Å². The smallest absolute Gasteiger partial charge is 0.123 e. The summed E-state index contributed by atoms with van der Waals surface area (Å²) in [6, 6.07) is 2.69. The quantitative estimate of drug-likeness (QED) is 0.735. The van der Waals surface area contributed by atoms with Crippen molar-refractivity contribution in [1.29, 1.82) is 0 Å². The first-order valence-electron chi connectivity index (χ1n) is 5.52. The highest BCUT2D eigenvalue weighted by molar-refractivity contribution is 6.34. The zero-order chi connectivity index (χ0) is 13.8. The number of hydrogen-bond donors (Lipinski definition) is 2. The van der Waals surface area contributed by atoms with Crippen molar-refractivity contribution in [2.24, 2.45) is 5.92 Å².